The number of aromatic nitrogens is 2. The second kappa shape index (κ2) is 6.54. The van der Waals surface area contributed by atoms with E-state index in [4.69, 9.17) is 11.6 Å². The molecule has 110 valence electrons. The van der Waals surface area contributed by atoms with Gasteiger partial charge in [-0.05, 0) is 38.1 Å². The lowest BCUT2D eigenvalue weighted by atomic mass is 10.2. The van der Waals surface area contributed by atoms with Gasteiger partial charge in [0, 0.05) is 29.9 Å². The van der Waals surface area contributed by atoms with Gasteiger partial charge >= 0.3 is 5.97 Å². The molecule has 0 saturated carbocycles. The molecule has 0 aliphatic carbocycles. The van der Waals surface area contributed by atoms with E-state index in [0.29, 0.717) is 29.8 Å². The molecule has 0 bridgehead atoms. The second-order valence-electron chi connectivity index (χ2n) is 4.42. The lowest BCUT2D eigenvalue weighted by Crippen LogP contribution is -2.26. The third kappa shape index (κ3) is 3.31. The van der Waals surface area contributed by atoms with Crippen LogP contribution in [0.2, 0.25) is 5.02 Å². The number of carbonyl (C=O) groups is 1. The first kappa shape index (κ1) is 15.3. The van der Waals surface area contributed by atoms with Gasteiger partial charge in [0.05, 0.1) is 0 Å². The number of hydrogen-bond acceptors (Lipinski definition) is 4. The Morgan fingerprint density at radius 2 is 1.86 bits per heavy atom. The highest BCUT2D eigenvalue weighted by Gasteiger charge is 2.18. The molecule has 0 unspecified atom stereocenters. The molecule has 21 heavy (non-hydrogen) atoms. The van der Waals surface area contributed by atoms with Crippen LogP contribution in [0.15, 0.2) is 30.5 Å². The van der Waals surface area contributed by atoms with Gasteiger partial charge in [-0.15, -0.1) is 0 Å². The maximum absolute atomic E-state index is 11.3. The fraction of sp³-hybridized carbons (Fsp3) is 0.267. The average Bonchev–Trinajstić information content (AvgIpc) is 2.49. The molecule has 1 aromatic carbocycles. The molecular weight excluding hydrogens is 290 g/mol. The summed E-state index contributed by atoms with van der Waals surface area (Å²) in [6.07, 6.45) is 1.35. The first-order valence-corrected chi connectivity index (χ1v) is 7.05. The summed E-state index contributed by atoms with van der Waals surface area (Å²) in [5.74, 6) is -0.106. The van der Waals surface area contributed by atoms with Gasteiger partial charge in [0.25, 0.3) is 0 Å². The second-order valence-corrected chi connectivity index (χ2v) is 4.85. The van der Waals surface area contributed by atoms with Crippen LogP contribution in [0, 0.1) is 0 Å². The molecule has 2 aromatic rings. The number of nitrogens with zero attached hydrogens (tertiary/aromatic N) is 3. The number of hydrogen-bond donors (Lipinski definition) is 1. The number of rotatable bonds is 5. The summed E-state index contributed by atoms with van der Waals surface area (Å²) >= 11 is 5.87. The van der Waals surface area contributed by atoms with E-state index in [-0.39, 0.29) is 5.56 Å². The number of carboxylic acids is 1. The van der Waals surface area contributed by atoms with Crippen molar-refractivity contribution in [2.75, 3.05) is 18.0 Å². The van der Waals surface area contributed by atoms with E-state index in [9.17, 15) is 9.90 Å². The number of carboxylic acid groups (broad SMARTS) is 1. The fourth-order valence-electron chi connectivity index (χ4n) is 2.03. The van der Waals surface area contributed by atoms with Crippen LogP contribution in [0.25, 0.3) is 11.4 Å². The van der Waals surface area contributed by atoms with E-state index in [1.54, 1.807) is 12.1 Å². The van der Waals surface area contributed by atoms with Crippen molar-refractivity contribution in [2.45, 2.75) is 13.8 Å². The molecular formula is C15H16ClN3O2. The zero-order valence-electron chi connectivity index (χ0n) is 11.9. The lowest BCUT2D eigenvalue weighted by molar-refractivity contribution is 0.0696. The molecule has 1 aromatic heterocycles. The van der Waals surface area contributed by atoms with Crippen molar-refractivity contribution in [3.8, 4) is 11.4 Å². The molecule has 0 atom stereocenters. The van der Waals surface area contributed by atoms with Crippen molar-refractivity contribution in [1.82, 2.24) is 9.97 Å². The Labute approximate surface area is 128 Å². The monoisotopic (exact) mass is 305 g/mol. The predicted octanol–water partition coefficient (Wildman–Crippen LogP) is 3.34. The van der Waals surface area contributed by atoms with E-state index in [1.165, 1.54) is 6.20 Å². The molecule has 0 spiro atoms. The van der Waals surface area contributed by atoms with Crippen molar-refractivity contribution < 1.29 is 9.90 Å². The number of anilines is 1. The molecule has 1 N–H and O–H groups in total. The Balaban J connectivity index is 2.52. The normalized spacial score (nSPS) is 10.4. The molecule has 0 fully saturated rings. The molecule has 5 nitrogen and oxygen atoms in total. The van der Waals surface area contributed by atoms with Crippen LogP contribution in [-0.2, 0) is 0 Å². The van der Waals surface area contributed by atoms with Crippen molar-refractivity contribution >= 4 is 23.4 Å². The van der Waals surface area contributed by atoms with Gasteiger partial charge in [0.1, 0.15) is 11.4 Å². The fourth-order valence-corrected chi connectivity index (χ4v) is 2.15. The van der Waals surface area contributed by atoms with E-state index in [0.717, 1.165) is 5.56 Å². The molecule has 0 amide bonds. The maximum Gasteiger partial charge on any atom is 0.341 e. The first-order valence-electron chi connectivity index (χ1n) is 6.68. The summed E-state index contributed by atoms with van der Waals surface area (Å²) in [7, 11) is 0. The minimum absolute atomic E-state index is 0.108. The smallest absolute Gasteiger partial charge is 0.341 e. The summed E-state index contributed by atoms with van der Waals surface area (Å²) in [4.78, 5) is 21.8. The summed E-state index contributed by atoms with van der Waals surface area (Å²) in [5.41, 5.74) is 0.904. The van der Waals surface area contributed by atoms with Crippen LogP contribution in [0.4, 0.5) is 5.82 Å². The third-order valence-electron chi connectivity index (χ3n) is 3.16. The van der Waals surface area contributed by atoms with Gasteiger partial charge in [0.15, 0.2) is 5.82 Å². The van der Waals surface area contributed by atoms with Crippen molar-refractivity contribution in [3.63, 3.8) is 0 Å². The number of aromatic carboxylic acids is 1. The van der Waals surface area contributed by atoms with Crippen LogP contribution in [0.1, 0.15) is 24.2 Å². The number of benzene rings is 1. The van der Waals surface area contributed by atoms with Gasteiger partial charge < -0.3 is 10.0 Å². The van der Waals surface area contributed by atoms with E-state index < -0.39 is 5.97 Å². The largest absolute Gasteiger partial charge is 0.477 e. The Bertz CT molecular complexity index is 640. The lowest BCUT2D eigenvalue weighted by Gasteiger charge is -2.21. The van der Waals surface area contributed by atoms with Gasteiger partial charge in [-0.2, -0.15) is 0 Å². The molecule has 6 heteroatoms. The zero-order chi connectivity index (χ0) is 15.4. The minimum Gasteiger partial charge on any atom is -0.477 e. The van der Waals surface area contributed by atoms with Crippen LogP contribution >= 0.6 is 11.6 Å². The van der Waals surface area contributed by atoms with Gasteiger partial charge in [0.2, 0.25) is 0 Å². The Hall–Kier alpha value is -2.14. The van der Waals surface area contributed by atoms with Gasteiger partial charge in [-0.3, -0.25) is 0 Å². The summed E-state index contributed by atoms with van der Waals surface area (Å²) in [6.45, 7) is 5.26. The Morgan fingerprint density at radius 3 is 2.38 bits per heavy atom. The quantitative estimate of drug-likeness (QED) is 0.917. The summed E-state index contributed by atoms with van der Waals surface area (Å²) in [6, 6.07) is 7.12. The highest BCUT2D eigenvalue weighted by Crippen LogP contribution is 2.23. The highest BCUT2D eigenvalue weighted by molar-refractivity contribution is 6.30. The van der Waals surface area contributed by atoms with E-state index in [1.807, 2.05) is 30.9 Å². The maximum atomic E-state index is 11.3. The molecule has 0 aliphatic heterocycles. The van der Waals surface area contributed by atoms with Crippen molar-refractivity contribution in [1.29, 1.82) is 0 Å². The van der Waals surface area contributed by atoms with E-state index in [2.05, 4.69) is 9.97 Å². The Morgan fingerprint density at radius 1 is 1.24 bits per heavy atom. The van der Waals surface area contributed by atoms with Gasteiger partial charge in [-0.25, -0.2) is 14.8 Å². The first-order chi connectivity index (χ1) is 10.1. The van der Waals surface area contributed by atoms with Crippen molar-refractivity contribution in [3.05, 3.63) is 41.0 Å². The van der Waals surface area contributed by atoms with Crippen LogP contribution in [0.3, 0.4) is 0 Å². The molecule has 2 rings (SSSR count). The van der Waals surface area contributed by atoms with Crippen LogP contribution in [-0.4, -0.2) is 34.1 Å². The van der Waals surface area contributed by atoms with E-state index >= 15 is 0 Å². The van der Waals surface area contributed by atoms with Crippen LogP contribution in [0.5, 0.6) is 0 Å². The topological polar surface area (TPSA) is 66.3 Å². The molecule has 0 saturated heterocycles. The standard InChI is InChI=1S/C15H16ClN3O2/c1-3-19(4-2)14-12(15(20)21)9-17-13(18-14)10-5-7-11(16)8-6-10/h5-9H,3-4H2,1-2H3,(H,20,21). The minimum atomic E-state index is -1.03. The Kier molecular flexibility index (Phi) is 4.75. The predicted molar refractivity (Wildman–Crippen MR) is 83.0 cm³/mol. The SMILES string of the molecule is CCN(CC)c1nc(-c2ccc(Cl)cc2)ncc1C(=O)O. The third-order valence-corrected chi connectivity index (χ3v) is 3.42. The molecule has 0 radical (unpaired) electrons. The summed E-state index contributed by atoms with van der Waals surface area (Å²) < 4.78 is 0. The molecule has 0 aliphatic rings. The average molecular weight is 306 g/mol. The molecule has 1 heterocycles. The van der Waals surface area contributed by atoms with Crippen LogP contribution < -0.4 is 4.90 Å². The zero-order valence-corrected chi connectivity index (χ0v) is 12.6. The van der Waals surface area contributed by atoms with Gasteiger partial charge in [-0.1, -0.05) is 11.6 Å². The number of halogens is 1. The van der Waals surface area contributed by atoms with Crippen molar-refractivity contribution in [2.24, 2.45) is 0 Å². The summed E-state index contributed by atoms with van der Waals surface area (Å²) in [5, 5.41) is 9.91. The highest BCUT2D eigenvalue weighted by atomic mass is 35.5.